The van der Waals surface area contributed by atoms with E-state index in [9.17, 15) is 9.90 Å². The van der Waals surface area contributed by atoms with E-state index in [0.717, 1.165) is 53.5 Å². The summed E-state index contributed by atoms with van der Waals surface area (Å²) in [5, 5.41) is 11.6. The fourth-order valence-corrected chi connectivity index (χ4v) is 4.86. The molecular weight excluding hydrogens is 386 g/mol. The van der Waals surface area contributed by atoms with Crippen molar-refractivity contribution in [3.8, 4) is 22.6 Å². The van der Waals surface area contributed by atoms with Crippen LogP contribution in [-0.2, 0) is 4.79 Å². The molecule has 5 rings (SSSR count). The van der Waals surface area contributed by atoms with Gasteiger partial charge in [-0.1, -0.05) is 30.3 Å². The molecule has 0 atom stereocenters. The van der Waals surface area contributed by atoms with E-state index >= 15 is 0 Å². The number of hydrogen-bond donors (Lipinski definition) is 2. The lowest BCUT2D eigenvalue weighted by atomic mass is 9.77. The molecule has 2 aliphatic carbocycles. The molecule has 2 aliphatic rings. The standard InChI is InChI=1S/C26H27N3O2/c30-15-14-17-4-6-18(7-5-17)19-8-10-20(11-9-19)22-13-12-21(16-27-22)26-28-23-2-1-3-24(31)25(23)29-26/h2,8-13,15-18,31H,1,3-7,14H2,(H,28,29). The Balaban J connectivity index is 1.31. The van der Waals surface area contributed by atoms with Crippen LogP contribution in [0.25, 0.3) is 34.5 Å². The predicted octanol–water partition coefficient (Wildman–Crippen LogP) is 4.24. The van der Waals surface area contributed by atoms with E-state index in [0.29, 0.717) is 35.8 Å². The second-order valence-corrected chi connectivity index (χ2v) is 8.71. The molecule has 1 fully saturated rings. The summed E-state index contributed by atoms with van der Waals surface area (Å²) in [6.45, 7) is 0. The van der Waals surface area contributed by atoms with Crippen molar-refractivity contribution in [3.63, 3.8) is 0 Å². The average molecular weight is 414 g/mol. The smallest absolute Gasteiger partial charge is 0.140 e. The van der Waals surface area contributed by atoms with E-state index in [1.165, 1.54) is 18.4 Å². The number of hydrogen-bond acceptors (Lipinski definition) is 4. The monoisotopic (exact) mass is 413 g/mol. The lowest BCUT2D eigenvalue weighted by molar-refractivity contribution is -0.108. The normalized spacial score (nSPS) is 20.7. The molecule has 5 heteroatoms. The molecule has 2 aromatic heterocycles. The molecule has 0 aliphatic heterocycles. The number of aliphatic hydroxyl groups excluding tert-OH is 1. The Labute approximate surface area is 181 Å². The molecule has 0 amide bonds. The van der Waals surface area contributed by atoms with Crippen molar-refractivity contribution >= 4 is 18.1 Å². The van der Waals surface area contributed by atoms with Gasteiger partial charge in [-0.3, -0.25) is 4.98 Å². The molecule has 31 heavy (non-hydrogen) atoms. The number of benzene rings is 1. The zero-order valence-corrected chi connectivity index (χ0v) is 17.6. The maximum absolute atomic E-state index is 10.7. The van der Waals surface area contributed by atoms with Crippen LogP contribution in [0.5, 0.6) is 0 Å². The number of nitrogens with zero attached hydrogens (tertiary/aromatic N) is 2. The van der Waals surface area contributed by atoms with Gasteiger partial charge < -0.3 is 14.9 Å². The first-order valence-corrected chi connectivity index (χ1v) is 11.2. The molecule has 158 valence electrons. The summed E-state index contributed by atoms with van der Waals surface area (Å²) in [4.78, 5) is 23.2. The highest BCUT2D eigenvalue weighted by molar-refractivity contribution is 5.64. The van der Waals surface area contributed by atoms with Crippen LogP contribution < -0.4 is 10.7 Å². The third-order valence-corrected chi connectivity index (χ3v) is 6.73. The summed E-state index contributed by atoms with van der Waals surface area (Å²) < 4.78 is 0. The van der Waals surface area contributed by atoms with E-state index in [-0.39, 0.29) is 0 Å². The first-order chi connectivity index (χ1) is 15.2. The third kappa shape index (κ3) is 4.05. The fourth-order valence-electron chi connectivity index (χ4n) is 4.86. The van der Waals surface area contributed by atoms with Crippen LogP contribution in [0.4, 0.5) is 0 Å². The van der Waals surface area contributed by atoms with Crippen molar-refractivity contribution in [1.29, 1.82) is 0 Å². The Kier molecular flexibility index (Phi) is 5.41. The van der Waals surface area contributed by atoms with Crippen molar-refractivity contribution in [2.45, 2.75) is 50.9 Å². The minimum atomic E-state index is 0.349. The van der Waals surface area contributed by atoms with Crippen molar-refractivity contribution in [2.24, 2.45) is 5.92 Å². The summed E-state index contributed by atoms with van der Waals surface area (Å²) in [7, 11) is 0. The Bertz CT molecular complexity index is 1180. The number of H-pyrrole nitrogens is 1. The second-order valence-electron chi connectivity index (χ2n) is 8.71. The molecule has 1 aromatic carbocycles. The average Bonchev–Trinajstić information content (AvgIpc) is 3.26. The number of aliphatic hydroxyl groups is 1. The van der Waals surface area contributed by atoms with Gasteiger partial charge in [0.25, 0.3) is 0 Å². The van der Waals surface area contributed by atoms with E-state index in [1.54, 1.807) is 0 Å². The number of imidazole rings is 1. The zero-order valence-electron chi connectivity index (χ0n) is 17.6. The van der Waals surface area contributed by atoms with Crippen LogP contribution in [0.15, 0.2) is 42.6 Å². The topological polar surface area (TPSA) is 78.9 Å². The predicted molar refractivity (Wildman–Crippen MR) is 122 cm³/mol. The largest absolute Gasteiger partial charge is 0.510 e. The summed E-state index contributed by atoms with van der Waals surface area (Å²) in [6.07, 6.45) is 11.8. The molecule has 2 heterocycles. The molecule has 1 saturated carbocycles. The minimum Gasteiger partial charge on any atom is -0.510 e. The number of nitrogens with one attached hydrogen (secondary N) is 1. The highest BCUT2D eigenvalue weighted by atomic mass is 16.3. The number of carbonyl (C=O) groups excluding carboxylic acids is 1. The molecule has 2 N–H and O–H groups in total. The van der Waals surface area contributed by atoms with Crippen LogP contribution in [0.1, 0.15) is 56.4 Å². The highest BCUT2D eigenvalue weighted by Gasteiger charge is 2.22. The molecule has 0 bridgehead atoms. The van der Waals surface area contributed by atoms with Gasteiger partial charge in [0.05, 0.1) is 11.0 Å². The number of carbonyl (C=O) groups is 1. The zero-order chi connectivity index (χ0) is 21.2. The number of fused-ring (bicyclic) bond motifs is 1. The van der Waals surface area contributed by atoms with Gasteiger partial charge in [0, 0.05) is 30.2 Å². The van der Waals surface area contributed by atoms with E-state index in [2.05, 4.69) is 45.3 Å². The molecule has 0 unspecified atom stereocenters. The molecule has 0 saturated heterocycles. The van der Waals surface area contributed by atoms with Crippen LogP contribution in [-0.4, -0.2) is 26.3 Å². The first-order valence-electron chi connectivity index (χ1n) is 11.2. The number of aldehydes is 1. The van der Waals surface area contributed by atoms with Crippen LogP contribution in [0.2, 0.25) is 0 Å². The number of aromatic amines is 1. The third-order valence-electron chi connectivity index (χ3n) is 6.73. The number of rotatable bonds is 5. The lowest BCUT2D eigenvalue weighted by Crippen LogP contribution is -2.29. The summed E-state index contributed by atoms with van der Waals surface area (Å²) in [5.41, 5.74) is 4.33. The molecule has 0 radical (unpaired) electrons. The SMILES string of the molecule is O=CCC1CCC(c2ccc(-c3ccc(-c4nc5c([nH]4)=CCCC=5O)cn3)cc2)CC1. The van der Waals surface area contributed by atoms with Gasteiger partial charge in [-0.15, -0.1) is 0 Å². The van der Waals surface area contributed by atoms with Gasteiger partial charge in [-0.25, -0.2) is 4.98 Å². The molecule has 0 spiro atoms. The van der Waals surface area contributed by atoms with Gasteiger partial charge in [-0.2, -0.15) is 0 Å². The van der Waals surface area contributed by atoms with Crippen molar-refractivity contribution in [2.75, 3.05) is 0 Å². The van der Waals surface area contributed by atoms with E-state index < -0.39 is 0 Å². The van der Waals surface area contributed by atoms with E-state index in [4.69, 9.17) is 0 Å². The summed E-state index contributed by atoms with van der Waals surface area (Å²) in [5.74, 6) is 2.26. The Morgan fingerprint density at radius 1 is 1.03 bits per heavy atom. The number of aromatic nitrogens is 3. The van der Waals surface area contributed by atoms with Gasteiger partial charge in [0.1, 0.15) is 23.2 Å². The van der Waals surface area contributed by atoms with Crippen molar-refractivity contribution in [1.82, 2.24) is 15.0 Å². The Morgan fingerprint density at radius 3 is 2.48 bits per heavy atom. The second kappa shape index (κ2) is 8.50. The van der Waals surface area contributed by atoms with Gasteiger partial charge >= 0.3 is 0 Å². The molecular formula is C26H27N3O2. The summed E-state index contributed by atoms with van der Waals surface area (Å²) >= 11 is 0. The Hall–Kier alpha value is -3.21. The fraction of sp³-hybridized carbons (Fsp3) is 0.346. The quantitative estimate of drug-likeness (QED) is 0.613. The summed E-state index contributed by atoms with van der Waals surface area (Å²) in [6, 6.07) is 12.8. The van der Waals surface area contributed by atoms with Crippen LogP contribution in [0.3, 0.4) is 0 Å². The molecule has 3 aromatic rings. The lowest BCUT2D eigenvalue weighted by Gasteiger charge is -2.27. The van der Waals surface area contributed by atoms with Crippen molar-refractivity contribution in [3.05, 3.63) is 58.9 Å². The van der Waals surface area contributed by atoms with Gasteiger partial charge in [0.2, 0.25) is 0 Å². The minimum absolute atomic E-state index is 0.349. The maximum atomic E-state index is 10.7. The maximum Gasteiger partial charge on any atom is 0.140 e. The highest BCUT2D eigenvalue weighted by Crippen LogP contribution is 2.37. The molecule has 5 nitrogen and oxygen atoms in total. The van der Waals surface area contributed by atoms with E-state index in [1.807, 2.05) is 18.3 Å². The van der Waals surface area contributed by atoms with Crippen LogP contribution in [0, 0.1) is 5.92 Å². The van der Waals surface area contributed by atoms with Gasteiger partial charge in [-0.05, 0) is 61.6 Å². The van der Waals surface area contributed by atoms with Gasteiger partial charge in [0.15, 0.2) is 0 Å². The van der Waals surface area contributed by atoms with Crippen LogP contribution >= 0.6 is 0 Å². The first kappa shape index (κ1) is 19.7. The van der Waals surface area contributed by atoms with Crippen molar-refractivity contribution < 1.29 is 9.90 Å². The number of pyridine rings is 1. The Morgan fingerprint density at radius 2 is 1.81 bits per heavy atom.